The number of benzene rings is 1. The molecule has 0 radical (unpaired) electrons. The van der Waals surface area contributed by atoms with Gasteiger partial charge >= 0.3 is 17.9 Å². The molecule has 0 spiro atoms. The zero-order valence-corrected chi connectivity index (χ0v) is 64.8. The van der Waals surface area contributed by atoms with Crippen LogP contribution in [0.2, 0.25) is 0 Å². The van der Waals surface area contributed by atoms with Gasteiger partial charge in [-0.1, -0.05) is 106 Å². The summed E-state index contributed by atoms with van der Waals surface area (Å²) >= 11 is 0. The Bertz CT molecular complexity index is 3270. The fraction of sp³-hybridized carbons (Fsp3) is 0.676. The first-order valence-electron chi connectivity index (χ1n) is 36.5. The van der Waals surface area contributed by atoms with Gasteiger partial charge in [0.2, 0.25) is 82.7 Å². The Morgan fingerprint density at radius 2 is 0.780 bits per heavy atom. The molecule has 109 heavy (non-hydrogen) atoms. The standard InChI is InChI=1S/C71H118N16O22/c1-16-37(10)53(73)66(103)76-38(11)58(95)74-32-50(90)78-46(28-33(2)3)62(99)83-48(30-43-22-18-17-19-23-43)63(100)82-47(29-34(4)5)65(102)86-57(42(15)89)70(107)87-56(41(14)88)69(106)79-44(25-26-51(91)92)61(98)75-40(13)60(97)84-55(36(8)9)68(105)85-54(35(6)7)67(104)77-39(12)59(96)81-49(31-52(93)94)64(101)80-45(71(108)109)24-20-21-27-72/h17-19,22-23,33-42,44-49,53-57,88-89H,16,20-21,24-32,72-73H2,1-15H3,(H,74,95)(H,75,98)(H,76,103)(H,77,104)(H,78,90)(H,79,106)(H,80,101)(H,81,96)(H,82,100)(H,83,99)(H,84,97)(H,85,105)(H,86,102)(H,87,107)(H,91,92)(H,93,94)(H,108,109)/t37-,38-,39-,40-,41+,42+,44-,45-,46-,47-,48-,49-,53-,54-,55-,56-,57-/m0/s1. The lowest BCUT2D eigenvalue weighted by atomic mass is 9.99. The van der Waals surface area contributed by atoms with Gasteiger partial charge in [0.1, 0.15) is 78.5 Å². The van der Waals surface area contributed by atoms with Crippen molar-refractivity contribution < 1.29 is 107 Å². The SMILES string of the molecule is CC[C@H](C)[C@H](N)C(=O)N[C@@H](C)C(=O)NCC(=O)N[C@@H](CC(C)C)C(=O)N[C@@H](Cc1ccccc1)C(=O)N[C@@H](CC(C)C)C(=O)N[C@H](C(=O)N[C@H](C(=O)N[C@@H](CCC(=O)O)C(=O)N[C@@H](C)C(=O)N[C@H](C(=O)N[C@H](C(=O)N[C@@H](C)C(=O)N[C@@H](CC(=O)O)C(=O)N[C@@H](CCCCN)C(=O)O)C(C)C)C(C)C)[C@@H](C)O)[C@@H](C)O. The molecule has 14 amide bonds. The van der Waals surface area contributed by atoms with Gasteiger partial charge in [0, 0.05) is 12.8 Å². The van der Waals surface area contributed by atoms with Crippen LogP contribution in [0, 0.1) is 29.6 Å². The summed E-state index contributed by atoms with van der Waals surface area (Å²) < 4.78 is 0. The molecule has 38 nitrogen and oxygen atoms in total. The number of carbonyl (C=O) groups is 17. The van der Waals surface area contributed by atoms with E-state index in [4.69, 9.17) is 11.5 Å². The number of hydrogen-bond donors (Lipinski definition) is 21. The second-order valence-corrected chi connectivity index (χ2v) is 28.8. The van der Waals surface area contributed by atoms with Gasteiger partial charge in [0.25, 0.3) is 0 Å². The molecule has 0 saturated heterocycles. The Hall–Kier alpha value is -9.95. The average Bonchev–Trinajstić information content (AvgIpc) is 0.850. The normalized spacial score (nSPS) is 16.0. The number of rotatable bonds is 50. The maximum atomic E-state index is 14.5. The van der Waals surface area contributed by atoms with Crippen LogP contribution in [0.3, 0.4) is 0 Å². The van der Waals surface area contributed by atoms with Crippen LogP contribution >= 0.6 is 0 Å². The number of aliphatic hydroxyl groups excluding tert-OH is 2. The second kappa shape index (κ2) is 48.5. The monoisotopic (exact) mass is 1550 g/mol. The van der Waals surface area contributed by atoms with Crippen LogP contribution in [0.4, 0.5) is 0 Å². The Kier molecular flexibility index (Phi) is 43.1. The lowest BCUT2D eigenvalue weighted by Crippen LogP contribution is -2.63. The molecular formula is C71H118N16O22. The van der Waals surface area contributed by atoms with Crippen molar-refractivity contribution in [2.24, 2.45) is 41.1 Å². The van der Waals surface area contributed by atoms with E-state index in [-0.39, 0.29) is 50.0 Å². The number of unbranched alkanes of at least 4 members (excludes halogenated alkanes) is 1. The van der Waals surface area contributed by atoms with E-state index in [2.05, 4.69) is 74.4 Å². The van der Waals surface area contributed by atoms with E-state index < -0.39 is 235 Å². The average molecular weight is 1550 g/mol. The molecule has 0 aliphatic rings. The number of nitrogens with one attached hydrogen (secondary N) is 14. The maximum absolute atomic E-state index is 14.5. The summed E-state index contributed by atoms with van der Waals surface area (Å²) in [5.41, 5.74) is 12.0. The number of nitrogens with two attached hydrogens (primary N) is 2. The maximum Gasteiger partial charge on any atom is 0.326 e. The molecule has 38 heteroatoms. The molecule has 0 aromatic heterocycles. The van der Waals surface area contributed by atoms with Crippen LogP contribution in [-0.4, -0.2) is 236 Å². The van der Waals surface area contributed by atoms with E-state index in [1.807, 2.05) is 6.92 Å². The summed E-state index contributed by atoms with van der Waals surface area (Å²) in [6.45, 7) is 22.2. The van der Waals surface area contributed by atoms with Crippen molar-refractivity contribution in [1.29, 1.82) is 0 Å². The van der Waals surface area contributed by atoms with Gasteiger partial charge < -0.3 is 111 Å². The largest absolute Gasteiger partial charge is 0.481 e. The van der Waals surface area contributed by atoms with Crippen molar-refractivity contribution in [3.8, 4) is 0 Å². The van der Waals surface area contributed by atoms with E-state index in [9.17, 15) is 107 Å². The van der Waals surface area contributed by atoms with Crippen molar-refractivity contribution in [3.05, 3.63) is 35.9 Å². The summed E-state index contributed by atoms with van der Waals surface area (Å²) in [5.74, 6) is -20.3. The Morgan fingerprint density at radius 1 is 0.394 bits per heavy atom. The first-order valence-corrected chi connectivity index (χ1v) is 36.5. The van der Waals surface area contributed by atoms with Gasteiger partial charge in [0.05, 0.1) is 31.2 Å². The molecule has 17 atom stereocenters. The minimum atomic E-state index is -2.01. The van der Waals surface area contributed by atoms with Crippen molar-refractivity contribution in [3.63, 3.8) is 0 Å². The highest BCUT2D eigenvalue weighted by molar-refractivity contribution is 6.01. The second-order valence-electron chi connectivity index (χ2n) is 28.8. The molecular weight excluding hydrogens is 1430 g/mol. The molecule has 23 N–H and O–H groups in total. The predicted molar refractivity (Wildman–Crippen MR) is 394 cm³/mol. The number of aliphatic hydroxyl groups is 2. The van der Waals surface area contributed by atoms with Crippen molar-refractivity contribution in [2.75, 3.05) is 13.1 Å². The zero-order valence-electron chi connectivity index (χ0n) is 64.8. The highest BCUT2D eigenvalue weighted by Crippen LogP contribution is 2.15. The number of amides is 14. The minimum absolute atomic E-state index is 0.0500. The van der Waals surface area contributed by atoms with Crippen LogP contribution in [-0.2, 0) is 87.9 Å². The quantitative estimate of drug-likeness (QED) is 0.0275. The molecule has 0 unspecified atom stereocenters. The molecule has 1 aromatic rings. The number of carboxylic acid groups (broad SMARTS) is 3. The first kappa shape index (κ1) is 97.1. The Labute approximate surface area is 634 Å². The van der Waals surface area contributed by atoms with Gasteiger partial charge in [-0.2, -0.15) is 0 Å². The topological polar surface area (TPSA) is 612 Å². The lowest BCUT2D eigenvalue weighted by molar-refractivity contribution is -0.144. The molecule has 0 aliphatic carbocycles. The highest BCUT2D eigenvalue weighted by atomic mass is 16.4. The molecule has 0 aliphatic heterocycles. The van der Waals surface area contributed by atoms with E-state index in [0.717, 1.165) is 20.8 Å². The molecule has 0 saturated carbocycles. The van der Waals surface area contributed by atoms with Gasteiger partial charge in [-0.3, -0.25) is 76.7 Å². The molecule has 1 rings (SSSR count). The zero-order chi connectivity index (χ0) is 83.4. The van der Waals surface area contributed by atoms with Gasteiger partial charge in [-0.15, -0.1) is 0 Å². The van der Waals surface area contributed by atoms with Crippen LogP contribution in [0.5, 0.6) is 0 Å². The third kappa shape index (κ3) is 35.8. The van der Waals surface area contributed by atoms with Crippen molar-refractivity contribution in [1.82, 2.24) is 74.4 Å². The number of aliphatic carboxylic acids is 3. The summed E-state index contributed by atoms with van der Waals surface area (Å²) in [5, 5.41) is 84.4. The smallest absolute Gasteiger partial charge is 0.326 e. The first-order chi connectivity index (χ1) is 50.8. The summed E-state index contributed by atoms with van der Waals surface area (Å²) in [6, 6.07) is -12.7. The number of carboxylic acids is 3. The summed E-state index contributed by atoms with van der Waals surface area (Å²) in [6.07, 6.45) is -4.90. The Morgan fingerprint density at radius 3 is 1.27 bits per heavy atom. The summed E-state index contributed by atoms with van der Waals surface area (Å²) in [7, 11) is 0. The van der Waals surface area contributed by atoms with Crippen LogP contribution < -0.4 is 85.9 Å². The number of hydrogen-bond acceptors (Lipinski definition) is 21. The van der Waals surface area contributed by atoms with Crippen LogP contribution in [0.1, 0.15) is 167 Å². The van der Waals surface area contributed by atoms with E-state index in [0.29, 0.717) is 24.8 Å². The molecule has 0 heterocycles. The summed E-state index contributed by atoms with van der Waals surface area (Å²) in [4.78, 5) is 227. The van der Waals surface area contributed by atoms with Gasteiger partial charge in [-0.25, -0.2) is 4.79 Å². The fourth-order valence-corrected chi connectivity index (χ4v) is 10.6. The molecule has 0 bridgehead atoms. The van der Waals surface area contributed by atoms with Crippen molar-refractivity contribution in [2.45, 2.75) is 265 Å². The van der Waals surface area contributed by atoms with E-state index >= 15 is 0 Å². The van der Waals surface area contributed by atoms with E-state index in [1.165, 1.54) is 41.5 Å². The molecule has 614 valence electrons. The molecule has 1 aromatic carbocycles. The predicted octanol–water partition coefficient (Wildman–Crippen LogP) is -4.20. The highest BCUT2D eigenvalue weighted by Gasteiger charge is 2.40. The lowest BCUT2D eigenvalue weighted by Gasteiger charge is -2.30. The fourth-order valence-electron chi connectivity index (χ4n) is 10.6. The minimum Gasteiger partial charge on any atom is -0.481 e. The number of carbonyl (C=O) groups excluding carboxylic acids is 14. The third-order valence-corrected chi connectivity index (χ3v) is 17.3. The van der Waals surface area contributed by atoms with Gasteiger partial charge in [0.15, 0.2) is 0 Å². The third-order valence-electron chi connectivity index (χ3n) is 17.3. The van der Waals surface area contributed by atoms with E-state index in [1.54, 1.807) is 65.0 Å². The van der Waals surface area contributed by atoms with Gasteiger partial charge in [-0.05, 0) is 115 Å². The van der Waals surface area contributed by atoms with Crippen LogP contribution in [0.15, 0.2) is 30.3 Å². The van der Waals surface area contributed by atoms with Crippen LogP contribution in [0.25, 0.3) is 0 Å². The molecule has 0 fully saturated rings. The van der Waals surface area contributed by atoms with Crippen molar-refractivity contribution >= 4 is 101 Å². The Balaban J connectivity index is 3.40.